The van der Waals surface area contributed by atoms with Crippen LogP contribution in [0.4, 0.5) is 13.2 Å². The highest BCUT2D eigenvalue weighted by molar-refractivity contribution is 4.81. The van der Waals surface area contributed by atoms with Crippen molar-refractivity contribution in [2.45, 2.75) is 44.9 Å². The highest BCUT2D eigenvalue weighted by Crippen LogP contribution is 2.28. The first-order valence-electron chi connectivity index (χ1n) is 3.62. The maximum Gasteiger partial charge on any atom is 0.303 e. The van der Waals surface area contributed by atoms with Crippen molar-refractivity contribution >= 4 is 0 Å². The first-order valence-corrected chi connectivity index (χ1v) is 3.62. The van der Waals surface area contributed by atoms with Crippen molar-refractivity contribution in [1.29, 1.82) is 0 Å². The summed E-state index contributed by atoms with van der Waals surface area (Å²) in [5, 5.41) is 8.49. The second kappa shape index (κ2) is 3.95. The lowest BCUT2D eigenvalue weighted by atomic mass is 10.1. The van der Waals surface area contributed by atoms with E-state index in [1.54, 1.807) is 6.92 Å². The molecule has 0 amide bonds. The third-order valence-corrected chi connectivity index (χ3v) is 1.52. The van der Waals surface area contributed by atoms with Crippen LogP contribution in [0.15, 0.2) is 0 Å². The average Bonchev–Trinajstić information content (AvgIpc) is 1.88. The fourth-order valence-electron chi connectivity index (χ4n) is 0.708. The van der Waals surface area contributed by atoms with Gasteiger partial charge in [0, 0.05) is 0 Å². The lowest BCUT2D eigenvalue weighted by molar-refractivity contribution is -0.148. The van der Waals surface area contributed by atoms with Crippen LogP contribution in [0.2, 0.25) is 0 Å². The summed E-state index contributed by atoms with van der Waals surface area (Å²) in [6, 6.07) is 0. The molecule has 0 aromatic carbocycles. The Balaban J connectivity index is 4.05. The van der Waals surface area contributed by atoms with Crippen LogP contribution >= 0.6 is 0 Å². The molecule has 0 aromatic rings. The van der Waals surface area contributed by atoms with E-state index in [4.69, 9.17) is 5.11 Å². The molecule has 0 radical (unpaired) electrons. The molecule has 0 fully saturated rings. The lowest BCUT2D eigenvalue weighted by Crippen LogP contribution is -2.40. The predicted octanol–water partition coefficient (Wildman–Crippen LogP) is 2.14. The summed E-state index contributed by atoms with van der Waals surface area (Å²) in [6.45, 7) is 2.51. The fraction of sp³-hybridized carbons (Fsp3) is 1.00. The van der Waals surface area contributed by atoms with E-state index in [9.17, 15) is 13.2 Å². The smallest absolute Gasteiger partial charge is 0.303 e. The van der Waals surface area contributed by atoms with E-state index in [0.29, 0.717) is 6.42 Å². The third-order valence-electron chi connectivity index (χ3n) is 1.52. The molecule has 0 saturated heterocycles. The number of hydrogen-bond acceptors (Lipinski definition) is 1. The van der Waals surface area contributed by atoms with Crippen LogP contribution in [-0.2, 0) is 0 Å². The molecular weight excluding hydrogens is 157 g/mol. The first kappa shape index (κ1) is 10.8. The zero-order valence-electron chi connectivity index (χ0n) is 6.65. The highest BCUT2D eigenvalue weighted by Gasteiger charge is 2.44. The Morgan fingerprint density at radius 1 is 1.45 bits per heavy atom. The van der Waals surface area contributed by atoms with Crippen LogP contribution < -0.4 is 0 Å². The number of aliphatic hydroxyl groups excluding tert-OH is 1. The van der Waals surface area contributed by atoms with Gasteiger partial charge >= 0.3 is 5.92 Å². The van der Waals surface area contributed by atoms with Crippen LogP contribution in [0, 0.1) is 0 Å². The van der Waals surface area contributed by atoms with Crippen molar-refractivity contribution in [1.82, 2.24) is 0 Å². The SMILES string of the molecule is CCCC(F)C(F)(F)C(C)O. The van der Waals surface area contributed by atoms with E-state index in [-0.39, 0.29) is 6.42 Å². The minimum Gasteiger partial charge on any atom is -0.387 e. The molecule has 0 heterocycles. The Morgan fingerprint density at radius 3 is 2.18 bits per heavy atom. The topological polar surface area (TPSA) is 20.2 Å². The molecule has 0 aliphatic carbocycles. The average molecular weight is 170 g/mol. The molecule has 4 heteroatoms. The number of halogens is 3. The fourth-order valence-corrected chi connectivity index (χ4v) is 0.708. The van der Waals surface area contributed by atoms with E-state index in [2.05, 4.69) is 0 Å². The Labute approximate surface area is 64.2 Å². The minimum atomic E-state index is -3.60. The van der Waals surface area contributed by atoms with Gasteiger partial charge in [0.25, 0.3) is 0 Å². The standard InChI is InChI=1S/C7H13F3O/c1-3-4-6(8)7(9,10)5(2)11/h5-6,11H,3-4H2,1-2H3. The van der Waals surface area contributed by atoms with Crippen molar-refractivity contribution in [2.75, 3.05) is 0 Å². The number of aliphatic hydroxyl groups is 1. The van der Waals surface area contributed by atoms with Crippen LogP contribution in [-0.4, -0.2) is 23.3 Å². The van der Waals surface area contributed by atoms with Crippen LogP contribution in [0.5, 0.6) is 0 Å². The molecule has 0 bridgehead atoms. The molecule has 0 aliphatic heterocycles. The monoisotopic (exact) mass is 170 g/mol. The summed E-state index contributed by atoms with van der Waals surface area (Å²) in [7, 11) is 0. The van der Waals surface area contributed by atoms with Gasteiger partial charge in [-0.25, -0.2) is 13.2 Å². The Hall–Kier alpha value is -0.250. The van der Waals surface area contributed by atoms with Gasteiger partial charge in [0.05, 0.1) is 0 Å². The third kappa shape index (κ3) is 2.69. The van der Waals surface area contributed by atoms with Crippen molar-refractivity contribution in [3.63, 3.8) is 0 Å². The number of hydrogen-bond donors (Lipinski definition) is 1. The maximum atomic E-state index is 12.5. The molecule has 0 rings (SSSR count). The van der Waals surface area contributed by atoms with Gasteiger partial charge in [0.1, 0.15) is 6.10 Å². The van der Waals surface area contributed by atoms with Gasteiger partial charge in [-0.2, -0.15) is 0 Å². The molecule has 0 spiro atoms. The molecule has 0 aliphatic rings. The predicted molar refractivity (Wildman–Crippen MR) is 36.4 cm³/mol. The summed E-state index contributed by atoms with van der Waals surface area (Å²) < 4.78 is 37.5. The highest BCUT2D eigenvalue weighted by atomic mass is 19.3. The summed E-state index contributed by atoms with van der Waals surface area (Å²) >= 11 is 0. The van der Waals surface area contributed by atoms with E-state index in [1.807, 2.05) is 0 Å². The quantitative estimate of drug-likeness (QED) is 0.685. The maximum absolute atomic E-state index is 12.5. The van der Waals surface area contributed by atoms with Gasteiger partial charge < -0.3 is 5.11 Å². The van der Waals surface area contributed by atoms with E-state index >= 15 is 0 Å². The van der Waals surface area contributed by atoms with Gasteiger partial charge in [0.2, 0.25) is 0 Å². The summed E-state index contributed by atoms with van der Waals surface area (Å²) in [6.07, 6.45) is -4.00. The number of rotatable bonds is 4. The van der Waals surface area contributed by atoms with Gasteiger partial charge in [-0.1, -0.05) is 13.3 Å². The molecule has 0 aromatic heterocycles. The first-order chi connectivity index (χ1) is 4.92. The molecule has 1 nitrogen and oxygen atoms in total. The Morgan fingerprint density at radius 2 is 1.91 bits per heavy atom. The lowest BCUT2D eigenvalue weighted by Gasteiger charge is -2.22. The zero-order valence-corrected chi connectivity index (χ0v) is 6.65. The van der Waals surface area contributed by atoms with E-state index < -0.39 is 18.2 Å². The van der Waals surface area contributed by atoms with Crippen LogP contribution in [0.25, 0.3) is 0 Å². The molecule has 11 heavy (non-hydrogen) atoms. The van der Waals surface area contributed by atoms with E-state index in [1.165, 1.54) is 0 Å². The van der Waals surface area contributed by atoms with Gasteiger partial charge in [-0.05, 0) is 13.3 Å². The normalized spacial score (nSPS) is 18.0. The molecule has 1 N–H and O–H groups in total. The second-order valence-corrected chi connectivity index (χ2v) is 2.61. The van der Waals surface area contributed by atoms with Crippen LogP contribution in [0.3, 0.4) is 0 Å². The summed E-state index contributed by atoms with van der Waals surface area (Å²) in [5.41, 5.74) is 0. The molecule has 0 saturated carbocycles. The van der Waals surface area contributed by atoms with Gasteiger partial charge in [-0.3, -0.25) is 0 Å². The van der Waals surface area contributed by atoms with Crippen molar-refractivity contribution < 1.29 is 18.3 Å². The Kier molecular flexibility index (Phi) is 3.86. The molecule has 2 atom stereocenters. The van der Waals surface area contributed by atoms with Crippen LogP contribution in [0.1, 0.15) is 26.7 Å². The molecular formula is C7H13F3O. The second-order valence-electron chi connectivity index (χ2n) is 2.61. The largest absolute Gasteiger partial charge is 0.387 e. The van der Waals surface area contributed by atoms with E-state index in [0.717, 1.165) is 6.92 Å². The zero-order chi connectivity index (χ0) is 9.07. The van der Waals surface area contributed by atoms with Gasteiger partial charge in [-0.15, -0.1) is 0 Å². The van der Waals surface area contributed by atoms with Crippen molar-refractivity contribution in [3.05, 3.63) is 0 Å². The van der Waals surface area contributed by atoms with Crippen molar-refractivity contribution in [2.24, 2.45) is 0 Å². The summed E-state index contributed by atoms with van der Waals surface area (Å²) in [5.74, 6) is -3.60. The number of alkyl halides is 3. The Bertz CT molecular complexity index is 114. The summed E-state index contributed by atoms with van der Waals surface area (Å²) in [4.78, 5) is 0. The molecule has 68 valence electrons. The minimum absolute atomic E-state index is 0.210. The van der Waals surface area contributed by atoms with Crippen molar-refractivity contribution in [3.8, 4) is 0 Å². The molecule has 2 unspecified atom stereocenters. The van der Waals surface area contributed by atoms with Gasteiger partial charge in [0.15, 0.2) is 6.17 Å².